The Labute approximate surface area is 127 Å². The molecule has 2 aromatic rings. The van der Waals surface area contributed by atoms with Crippen LogP contribution in [0.15, 0.2) is 24.7 Å². The number of aromatic nitrogens is 4. The normalized spacial score (nSPS) is 12.1. The third kappa shape index (κ3) is 3.94. The minimum Gasteiger partial charge on any atom is -0.478 e. The fourth-order valence-corrected chi connectivity index (χ4v) is 1.98. The summed E-state index contributed by atoms with van der Waals surface area (Å²) in [5, 5.41) is 19.9. The van der Waals surface area contributed by atoms with E-state index in [1.165, 1.54) is 17.1 Å². The first kappa shape index (κ1) is 15.7. The third-order valence-electron chi connectivity index (χ3n) is 3.25. The number of aryl methyl sites for hydroxylation is 2. The zero-order valence-corrected chi connectivity index (χ0v) is 12.6. The molecule has 0 saturated carbocycles. The average Bonchev–Trinajstić information content (AvgIpc) is 3.14. The lowest BCUT2D eigenvalue weighted by Gasteiger charge is -2.11. The van der Waals surface area contributed by atoms with Crippen LogP contribution in [0.4, 0.5) is 0 Å². The van der Waals surface area contributed by atoms with Crippen LogP contribution < -0.4 is 5.32 Å². The van der Waals surface area contributed by atoms with E-state index < -0.39 is 5.97 Å². The molecule has 2 N–H and O–H groups in total. The van der Waals surface area contributed by atoms with Gasteiger partial charge in [-0.1, -0.05) is 0 Å². The number of hydrogen-bond donors (Lipinski definition) is 2. The van der Waals surface area contributed by atoms with E-state index in [1.54, 1.807) is 4.68 Å². The van der Waals surface area contributed by atoms with Crippen molar-refractivity contribution in [2.45, 2.75) is 39.4 Å². The number of aromatic carboxylic acids is 1. The van der Waals surface area contributed by atoms with Crippen LogP contribution >= 0.6 is 0 Å². The maximum Gasteiger partial charge on any atom is 0.338 e. The Morgan fingerprint density at radius 2 is 2.18 bits per heavy atom. The minimum atomic E-state index is -1.03. The molecule has 0 aliphatic rings. The Bertz CT molecular complexity index is 661. The molecule has 1 unspecified atom stereocenters. The molecular formula is C14H19N5O3. The standard InChI is InChI=1S/C14H19N5O3/c1-3-18-6-4-12(17-18)10(2)16-13(20)5-7-19-9-11(8-15-19)14(21)22/h4,6,8-10H,3,5,7H2,1-2H3,(H,16,20)(H,21,22). The SMILES string of the molecule is CCn1ccc(C(C)NC(=O)CCn2cc(C(=O)O)cn2)n1. The van der Waals surface area contributed by atoms with Gasteiger partial charge in [0.15, 0.2) is 0 Å². The number of carbonyl (C=O) groups excluding carboxylic acids is 1. The monoisotopic (exact) mass is 305 g/mol. The van der Waals surface area contributed by atoms with Crippen LogP contribution in [0.2, 0.25) is 0 Å². The lowest BCUT2D eigenvalue weighted by atomic mass is 10.2. The van der Waals surface area contributed by atoms with Crippen molar-refractivity contribution in [3.05, 3.63) is 35.9 Å². The van der Waals surface area contributed by atoms with Crippen LogP contribution in [0.5, 0.6) is 0 Å². The highest BCUT2D eigenvalue weighted by atomic mass is 16.4. The van der Waals surface area contributed by atoms with Crippen molar-refractivity contribution in [3.63, 3.8) is 0 Å². The van der Waals surface area contributed by atoms with E-state index in [0.29, 0.717) is 6.54 Å². The number of nitrogens with one attached hydrogen (secondary N) is 1. The molecule has 0 radical (unpaired) electrons. The highest BCUT2D eigenvalue weighted by molar-refractivity contribution is 5.86. The molecule has 1 atom stereocenters. The van der Waals surface area contributed by atoms with Crippen LogP contribution in [0, 0.1) is 0 Å². The summed E-state index contributed by atoms with van der Waals surface area (Å²) in [6, 6.07) is 1.70. The van der Waals surface area contributed by atoms with Crippen molar-refractivity contribution >= 4 is 11.9 Å². The van der Waals surface area contributed by atoms with Gasteiger partial charge in [0, 0.05) is 31.9 Å². The number of carboxylic acids is 1. The minimum absolute atomic E-state index is 0.110. The summed E-state index contributed by atoms with van der Waals surface area (Å²) in [5.41, 5.74) is 0.918. The number of amides is 1. The predicted molar refractivity (Wildman–Crippen MR) is 78.3 cm³/mol. The first-order valence-corrected chi connectivity index (χ1v) is 7.08. The quantitative estimate of drug-likeness (QED) is 0.796. The summed E-state index contributed by atoms with van der Waals surface area (Å²) < 4.78 is 3.24. The Morgan fingerprint density at radius 1 is 1.41 bits per heavy atom. The number of hydrogen-bond acceptors (Lipinski definition) is 4. The van der Waals surface area contributed by atoms with Gasteiger partial charge in [0.25, 0.3) is 0 Å². The van der Waals surface area contributed by atoms with Gasteiger partial charge in [0.05, 0.1) is 23.5 Å². The van der Waals surface area contributed by atoms with Crippen molar-refractivity contribution in [1.82, 2.24) is 24.9 Å². The Morgan fingerprint density at radius 3 is 2.77 bits per heavy atom. The van der Waals surface area contributed by atoms with E-state index >= 15 is 0 Å². The Balaban J connectivity index is 1.83. The van der Waals surface area contributed by atoms with E-state index in [0.717, 1.165) is 12.2 Å². The number of rotatable bonds is 7. The molecule has 2 heterocycles. The molecule has 118 valence electrons. The molecule has 2 rings (SSSR count). The zero-order valence-electron chi connectivity index (χ0n) is 12.6. The fourth-order valence-electron chi connectivity index (χ4n) is 1.98. The maximum absolute atomic E-state index is 11.9. The van der Waals surface area contributed by atoms with E-state index in [9.17, 15) is 9.59 Å². The smallest absolute Gasteiger partial charge is 0.338 e. The largest absolute Gasteiger partial charge is 0.478 e. The number of nitrogens with zero attached hydrogens (tertiary/aromatic N) is 4. The topological polar surface area (TPSA) is 102 Å². The second-order valence-corrected chi connectivity index (χ2v) is 4.93. The van der Waals surface area contributed by atoms with Crippen molar-refractivity contribution < 1.29 is 14.7 Å². The second-order valence-electron chi connectivity index (χ2n) is 4.93. The van der Waals surface area contributed by atoms with Crippen LogP contribution in [-0.4, -0.2) is 36.5 Å². The molecular weight excluding hydrogens is 286 g/mol. The van der Waals surface area contributed by atoms with Crippen LogP contribution in [0.25, 0.3) is 0 Å². The summed E-state index contributed by atoms with van der Waals surface area (Å²) >= 11 is 0. The summed E-state index contributed by atoms with van der Waals surface area (Å²) in [4.78, 5) is 22.7. The van der Waals surface area contributed by atoms with Gasteiger partial charge >= 0.3 is 5.97 Å². The van der Waals surface area contributed by atoms with Crippen LogP contribution in [-0.2, 0) is 17.9 Å². The van der Waals surface area contributed by atoms with Gasteiger partial charge in [-0.05, 0) is 19.9 Å². The summed E-state index contributed by atoms with van der Waals surface area (Å²) in [5.74, 6) is -1.17. The van der Waals surface area contributed by atoms with Crippen LogP contribution in [0.3, 0.4) is 0 Å². The summed E-state index contributed by atoms with van der Waals surface area (Å²) in [6.45, 7) is 4.98. The lowest BCUT2D eigenvalue weighted by molar-refractivity contribution is -0.122. The van der Waals surface area contributed by atoms with Crippen molar-refractivity contribution in [3.8, 4) is 0 Å². The van der Waals surface area contributed by atoms with Gasteiger partial charge in [-0.25, -0.2) is 4.79 Å². The van der Waals surface area contributed by atoms with Gasteiger partial charge in [0.1, 0.15) is 0 Å². The molecule has 0 aromatic carbocycles. The molecule has 0 bridgehead atoms. The zero-order chi connectivity index (χ0) is 16.1. The molecule has 8 heteroatoms. The Hall–Kier alpha value is -2.64. The molecule has 1 amide bonds. The summed E-state index contributed by atoms with van der Waals surface area (Å²) in [7, 11) is 0. The molecule has 0 aliphatic carbocycles. The van der Waals surface area contributed by atoms with Gasteiger partial charge in [-0.15, -0.1) is 0 Å². The fraction of sp³-hybridized carbons (Fsp3) is 0.429. The van der Waals surface area contributed by atoms with Gasteiger partial charge in [-0.3, -0.25) is 14.2 Å². The van der Waals surface area contributed by atoms with Crippen LogP contribution in [0.1, 0.15) is 42.4 Å². The first-order chi connectivity index (χ1) is 10.5. The van der Waals surface area contributed by atoms with Crippen molar-refractivity contribution in [2.75, 3.05) is 0 Å². The number of carbonyl (C=O) groups is 2. The molecule has 2 aromatic heterocycles. The van der Waals surface area contributed by atoms with E-state index in [4.69, 9.17) is 5.11 Å². The molecule has 8 nitrogen and oxygen atoms in total. The third-order valence-corrected chi connectivity index (χ3v) is 3.25. The molecule has 22 heavy (non-hydrogen) atoms. The molecule has 0 aliphatic heterocycles. The lowest BCUT2D eigenvalue weighted by Crippen LogP contribution is -2.27. The first-order valence-electron chi connectivity index (χ1n) is 7.08. The summed E-state index contributed by atoms with van der Waals surface area (Å²) in [6.07, 6.45) is 4.76. The van der Waals surface area contributed by atoms with Gasteiger partial charge in [0.2, 0.25) is 5.91 Å². The molecule has 0 saturated heterocycles. The predicted octanol–water partition coefficient (Wildman–Crippen LogP) is 1.07. The van der Waals surface area contributed by atoms with E-state index in [2.05, 4.69) is 15.5 Å². The van der Waals surface area contributed by atoms with Gasteiger partial charge in [-0.2, -0.15) is 10.2 Å². The average molecular weight is 305 g/mol. The second kappa shape index (κ2) is 6.88. The van der Waals surface area contributed by atoms with E-state index in [-0.39, 0.29) is 23.9 Å². The van der Waals surface area contributed by atoms with Gasteiger partial charge < -0.3 is 10.4 Å². The highest BCUT2D eigenvalue weighted by Gasteiger charge is 2.13. The maximum atomic E-state index is 11.9. The van der Waals surface area contributed by atoms with E-state index in [1.807, 2.05) is 26.1 Å². The highest BCUT2D eigenvalue weighted by Crippen LogP contribution is 2.09. The molecule has 0 spiro atoms. The van der Waals surface area contributed by atoms with Crippen molar-refractivity contribution in [1.29, 1.82) is 0 Å². The number of carboxylic acid groups (broad SMARTS) is 1. The Kier molecular flexibility index (Phi) is 4.92. The molecule has 0 fully saturated rings. The van der Waals surface area contributed by atoms with Crippen molar-refractivity contribution in [2.24, 2.45) is 0 Å².